The van der Waals surface area contributed by atoms with Crippen LogP contribution in [0.3, 0.4) is 0 Å². The van der Waals surface area contributed by atoms with Gasteiger partial charge in [-0.15, -0.1) is 0 Å². The molecule has 2 heterocycles. The Morgan fingerprint density at radius 1 is 0.473 bits per heavy atom. The van der Waals surface area contributed by atoms with Crippen molar-refractivity contribution in [3.05, 3.63) is 253 Å². The van der Waals surface area contributed by atoms with E-state index in [4.69, 9.17) is 20.9 Å². The van der Waals surface area contributed by atoms with Crippen LogP contribution in [0.1, 0.15) is 36.5 Å². The standard InChI is InChI=1S/C41H36N8O10S2.2C13H13N3/c1-24-38(40(50)48(46-24)29-12-16-31(17-13-29)60(52,53)54)44-42-33-20-10-27(22-35(33)58-3)37(26-8-6-5-7-9-26)28-11-21-34(36(23-28)59-4)43-45-39-25(2)47-49(41(39)51)30-14-18-32(19-15-30)61(55,56)57;2*14-13(15-11-7-3-1-4-8-11)16-12-9-5-2-6-10-12/h5-23,37-39H,1-4H3,(H,52,53,54)(H,55,56,57);2*1-10H,(H3,14,15,16). The molecule has 9 aromatic rings. The van der Waals surface area contributed by atoms with Gasteiger partial charge in [0.1, 0.15) is 22.9 Å². The van der Waals surface area contributed by atoms with Crippen molar-refractivity contribution in [1.29, 1.82) is 0 Å². The third-order valence-electron chi connectivity index (χ3n) is 13.8. The Morgan fingerprint density at radius 2 is 0.806 bits per heavy atom. The van der Waals surface area contributed by atoms with E-state index in [-0.39, 0.29) is 27.1 Å². The summed E-state index contributed by atoms with van der Waals surface area (Å²) in [5, 5.41) is 34.1. The highest BCUT2D eigenvalue weighted by atomic mass is 32.2. The van der Waals surface area contributed by atoms with Crippen molar-refractivity contribution >= 4 is 101 Å². The van der Waals surface area contributed by atoms with E-state index in [1.165, 1.54) is 38.5 Å². The van der Waals surface area contributed by atoms with Crippen molar-refractivity contribution in [3.63, 3.8) is 0 Å². The summed E-state index contributed by atoms with van der Waals surface area (Å²) in [6.07, 6.45) is 0. The molecule has 0 bridgehead atoms. The van der Waals surface area contributed by atoms with Crippen LogP contribution in [0.25, 0.3) is 0 Å². The van der Waals surface area contributed by atoms with Crippen molar-refractivity contribution in [3.8, 4) is 11.5 Å². The summed E-state index contributed by atoms with van der Waals surface area (Å²) in [6.45, 7) is 3.24. The molecule has 0 radical (unpaired) electrons. The molecule has 472 valence electrons. The first-order chi connectivity index (χ1) is 44.8. The van der Waals surface area contributed by atoms with Crippen molar-refractivity contribution in [2.75, 3.05) is 34.9 Å². The molecular weight excluding hydrogens is 1220 g/mol. The molecule has 0 spiro atoms. The van der Waals surface area contributed by atoms with Crippen LogP contribution in [0.15, 0.2) is 287 Å². The van der Waals surface area contributed by atoms with Gasteiger partial charge < -0.3 is 31.6 Å². The number of carbonyl (C=O) groups is 2. The number of benzene rings is 9. The average molecular weight is 1290 g/mol. The van der Waals surface area contributed by atoms with Gasteiger partial charge in [0.25, 0.3) is 32.1 Å². The number of aliphatic imine (C=N–C) groups is 2. The highest BCUT2D eigenvalue weighted by molar-refractivity contribution is 7.86. The van der Waals surface area contributed by atoms with E-state index in [2.05, 4.69) is 51.3 Å². The van der Waals surface area contributed by atoms with Crippen LogP contribution >= 0.6 is 0 Å². The van der Waals surface area contributed by atoms with E-state index < -0.39 is 44.1 Å². The number of hydrogen-bond acceptors (Lipinski definition) is 16. The number of nitrogens with one attached hydrogen (secondary N) is 2. The van der Waals surface area contributed by atoms with E-state index in [1.54, 1.807) is 26.0 Å². The highest BCUT2D eigenvalue weighted by Crippen LogP contribution is 2.41. The first-order valence-electron chi connectivity index (χ1n) is 28.3. The Hall–Kier alpha value is -11.6. The van der Waals surface area contributed by atoms with Crippen molar-refractivity contribution in [2.45, 2.75) is 41.6 Å². The van der Waals surface area contributed by atoms with Crippen LogP contribution in [-0.2, 0) is 29.8 Å². The third kappa shape index (κ3) is 17.4. The zero-order valence-corrected chi connectivity index (χ0v) is 52.0. The Morgan fingerprint density at radius 3 is 1.14 bits per heavy atom. The fourth-order valence-corrected chi connectivity index (χ4v) is 10.3. The minimum Gasteiger partial charge on any atom is -0.494 e. The molecule has 2 aliphatic heterocycles. The summed E-state index contributed by atoms with van der Waals surface area (Å²) >= 11 is 0. The number of para-hydroxylation sites is 4. The number of methoxy groups -OCH3 is 2. The fraction of sp³-hybridized carbons (Fsp3) is 0.104. The lowest BCUT2D eigenvalue weighted by atomic mass is 9.84. The predicted octanol–water partition coefficient (Wildman–Crippen LogP) is 12.6. The van der Waals surface area contributed by atoms with Crippen LogP contribution in [0.5, 0.6) is 11.5 Å². The van der Waals surface area contributed by atoms with Crippen molar-refractivity contribution in [2.24, 2.45) is 52.1 Å². The largest absolute Gasteiger partial charge is 0.494 e. The molecular formula is C67H62N14O10S2. The van der Waals surface area contributed by atoms with Gasteiger partial charge in [-0.25, -0.2) is 9.98 Å². The lowest BCUT2D eigenvalue weighted by Gasteiger charge is -2.21. The van der Waals surface area contributed by atoms with Crippen LogP contribution in [0, 0.1) is 0 Å². The number of anilines is 4. The smallest absolute Gasteiger partial charge is 0.294 e. The summed E-state index contributed by atoms with van der Waals surface area (Å²) in [4.78, 5) is 34.5. The topological polar surface area (TPSA) is 343 Å². The molecule has 8 N–H and O–H groups in total. The van der Waals surface area contributed by atoms with Gasteiger partial charge in [-0.2, -0.15) is 57.5 Å². The lowest BCUT2D eigenvalue weighted by Crippen LogP contribution is -2.29. The van der Waals surface area contributed by atoms with Crippen LogP contribution in [-0.4, -0.2) is 87.4 Å². The maximum Gasteiger partial charge on any atom is 0.294 e. The second kappa shape index (κ2) is 30.3. The molecule has 24 nitrogen and oxygen atoms in total. The van der Waals surface area contributed by atoms with Crippen LogP contribution in [0.2, 0.25) is 0 Å². The van der Waals surface area contributed by atoms with E-state index in [0.29, 0.717) is 46.2 Å². The molecule has 2 amide bonds. The second-order valence-corrected chi connectivity index (χ2v) is 23.2. The maximum absolute atomic E-state index is 13.3. The number of hydrazone groups is 2. The van der Waals surface area contributed by atoms with Gasteiger partial charge in [-0.05, 0) is 152 Å². The quantitative estimate of drug-likeness (QED) is 0.0162. The second-order valence-electron chi connectivity index (χ2n) is 20.3. The summed E-state index contributed by atoms with van der Waals surface area (Å²) in [7, 11) is -5.85. The molecule has 2 atom stereocenters. The summed E-state index contributed by atoms with van der Waals surface area (Å²) in [6, 6.07) is 67.1. The van der Waals surface area contributed by atoms with E-state index in [9.17, 15) is 35.5 Å². The number of azo groups is 2. The van der Waals surface area contributed by atoms with Gasteiger partial charge in [0.2, 0.25) is 0 Å². The zero-order chi connectivity index (χ0) is 66.1. The highest BCUT2D eigenvalue weighted by Gasteiger charge is 2.36. The molecule has 9 aromatic carbocycles. The van der Waals surface area contributed by atoms with Crippen LogP contribution < -0.4 is 41.6 Å². The zero-order valence-electron chi connectivity index (χ0n) is 50.4. The van der Waals surface area contributed by atoms with Gasteiger partial charge in [0.05, 0.1) is 58.2 Å². The molecule has 0 fully saturated rings. The van der Waals surface area contributed by atoms with E-state index in [0.717, 1.165) is 73.7 Å². The molecule has 93 heavy (non-hydrogen) atoms. The predicted molar refractivity (Wildman–Crippen MR) is 359 cm³/mol. The lowest BCUT2D eigenvalue weighted by molar-refractivity contribution is -0.118. The molecule has 11 rings (SSSR count). The molecule has 0 aromatic heterocycles. The number of carbonyl (C=O) groups excluding carboxylic acids is 2. The molecule has 2 aliphatic rings. The normalized spacial score (nSPS) is 15.4. The monoisotopic (exact) mass is 1290 g/mol. The minimum absolute atomic E-state index is 0.280. The van der Waals surface area contributed by atoms with E-state index >= 15 is 0 Å². The van der Waals surface area contributed by atoms with Crippen molar-refractivity contribution in [1.82, 2.24) is 0 Å². The molecule has 0 aliphatic carbocycles. The van der Waals surface area contributed by atoms with Gasteiger partial charge in [0.15, 0.2) is 24.0 Å². The molecule has 0 saturated carbocycles. The number of amides is 2. The number of nitrogens with zero attached hydrogens (tertiary/aromatic N) is 10. The molecule has 0 saturated heterocycles. The SMILES string of the molecule is COc1cc(C(c2ccccc2)c2ccc(N=NC3C(=O)N(c4ccc(S(=O)(=O)O)cc4)N=C3C)c(OC)c2)ccc1N=NC1C(=O)N(c2ccc(S(=O)(=O)O)cc2)N=C1C.NC(=Nc1ccccc1)Nc1ccccc1.NC(=Nc1ccccc1)Nc1ccccc1. The minimum atomic E-state index is -4.42. The number of guanidine groups is 2. The average Bonchev–Trinajstić information content (AvgIpc) is 1.73. The van der Waals surface area contributed by atoms with Gasteiger partial charge in [-0.1, -0.05) is 115 Å². The number of rotatable bonds is 17. The number of nitrogens with two attached hydrogens (primary N) is 2. The molecule has 2 unspecified atom stereocenters. The summed E-state index contributed by atoms with van der Waals surface area (Å²) in [5.74, 6) is 0.152. The first-order valence-corrected chi connectivity index (χ1v) is 31.2. The molecule has 26 heteroatoms. The number of ether oxygens (including phenoxy) is 2. The van der Waals surface area contributed by atoms with Gasteiger partial charge in [0, 0.05) is 17.3 Å². The first kappa shape index (κ1) is 65.9. The van der Waals surface area contributed by atoms with E-state index in [1.807, 2.05) is 176 Å². The Bertz CT molecular complexity index is 4250. The maximum atomic E-state index is 13.3. The van der Waals surface area contributed by atoms with Crippen molar-refractivity contribution < 1.29 is 45.0 Å². The Kier molecular flexibility index (Phi) is 21.4. The summed E-state index contributed by atoms with van der Waals surface area (Å²) < 4.78 is 75.9. The van der Waals surface area contributed by atoms with Crippen LogP contribution in [0.4, 0.5) is 45.5 Å². The Labute approximate surface area is 536 Å². The van der Waals surface area contributed by atoms with Gasteiger partial charge in [-0.3, -0.25) is 18.7 Å². The Balaban J connectivity index is 0.000000256. The number of hydrogen-bond donors (Lipinski definition) is 6. The fourth-order valence-electron chi connectivity index (χ4n) is 9.32. The van der Waals surface area contributed by atoms with Gasteiger partial charge >= 0.3 is 0 Å². The third-order valence-corrected chi connectivity index (χ3v) is 15.6. The summed E-state index contributed by atoms with van der Waals surface area (Å²) in [5.41, 5.74) is 19.6.